The van der Waals surface area contributed by atoms with Crippen LogP contribution in [0.3, 0.4) is 0 Å². The van der Waals surface area contributed by atoms with Gasteiger partial charge in [0.2, 0.25) is 6.17 Å². The smallest absolute Gasteiger partial charge is 0.434 e. The van der Waals surface area contributed by atoms with Crippen LogP contribution in [0.15, 0.2) is 0 Å². The van der Waals surface area contributed by atoms with Crippen LogP contribution in [0.4, 0.5) is 3.89 Å². The Balaban J connectivity index is 3.03. The average Bonchev–Trinajstić information content (AvgIpc) is 2.11. The predicted octanol–water partition coefficient (Wildman–Crippen LogP) is -0.318. The Labute approximate surface area is 64.6 Å². The van der Waals surface area contributed by atoms with Gasteiger partial charge in [-0.25, -0.2) is 0 Å². The molecule has 62 valence electrons. The van der Waals surface area contributed by atoms with Crippen molar-refractivity contribution in [3.05, 3.63) is 12.7 Å². The van der Waals surface area contributed by atoms with Gasteiger partial charge in [-0.05, 0) is 6.92 Å². The topological polar surface area (TPSA) is 40.2 Å². The Bertz CT molecular complexity index is 319. The van der Waals surface area contributed by atoms with Crippen LogP contribution < -0.4 is 0 Å². The molecule has 1 rings (SSSR count). The van der Waals surface area contributed by atoms with Crippen molar-refractivity contribution in [2.24, 2.45) is 0 Å². The third-order valence-corrected chi connectivity index (χ3v) is 2.21. The van der Waals surface area contributed by atoms with Crippen LogP contribution in [0.2, 0.25) is 0 Å². The SMILES string of the molecule is C=[N+]1[CH-]C=[N+](S(=O)(=O)F)[C-]1C. The normalized spacial score (nSPS) is 18.2. The Kier molecular flexibility index (Phi) is 1.63. The quantitative estimate of drug-likeness (QED) is 0.314. The summed E-state index contributed by atoms with van der Waals surface area (Å²) in [6.45, 7) is 6.22. The molecule has 0 atom stereocenters. The van der Waals surface area contributed by atoms with Gasteiger partial charge >= 0.3 is 10.4 Å². The van der Waals surface area contributed by atoms with E-state index in [0.717, 1.165) is 6.21 Å². The molecule has 6 heteroatoms. The number of nitrogens with zero attached hydrogens (tertiary/aromatic N) is 2. The van der Waals surface area contributed by atoms with Crippen molar-refractivity contribution in [1.82, 2.24) is 0 Å². The molecule has 0 aromatic rings. The predicted molar refractivity (Wildman–Crippen MR) is 37.0 cm³/mol. The molecular formula is C5H7FN2O2S. The lowest BCUT2D eigenvalue weighted by Crippen LogP contribution is -2.20. The third kappa shape index (κ3) is 1.35. The molecule has 0 aromatic heterocycles. The lowest BCUT2D eigenvalue weighted by atomic mass is 10.6. The second-order valence-electron chi connectivity index (χ2n) is 2.05. The van der Waals surface area contributed by atoms with E-state index in [2.05, 4.69) is 6.72 Å². The average molecular weight is 178 g/mol. The van der Waals surface area contributed by atoms with Crippen LogP contribution in [0.5, 0.6) is 0 Å². The van der Waals surface area contributed by atoms with Gasteiger partial charge in [0.05, 0.1) is 0 Å². The lowest BCUT2D eigenvalue weighted by molar-refractivity contribution is -0.585. The summed E-state index contributed by atoms with van der Waals surface area (Å²) in [5.74, 6) is 0. The molecule has 0 fully saturated rings. The molecule has 0 spiro atoms. The van der Waals surface area contributed by atoms with E-state index in [1.165, 1.54) is 18.0 Å². The van der Waals surface area contributed by atoms with E-state index in [1.807, 2.05) is 0 Å². The molecule has 0 saturated heterocycles. The molecule has 0 saturated carbocycles. The fourth-order valence-electron chi connectivity index (χ4n) is 0.714. The lowest BCUT2D eigenvalue weighted by Gasteiger charge is -2.08. The first-order valence-electron chi connectivity index (χ1n) is 2.78. The van der Waals surface area contributed by atoms with Gasteiger partial charge in [-0.2, -0.15) is 0 Å². The van der Waals surface area contributed by atoms with Gasteiger partial charge in [0.1, 0.15) is 6.21 Å². The third-order valence-electron chi connectivity index (χ3n) is 1.35. The van der Waals surface area contributed by atoms with E-state index < -0.39 is 10.4 Å². The molecule has 11 heavy (non-hydrogen) atoms. The zero-order chi connectivity index (χ0) is 8.65. The first-order valence-corrected chi connectivity index (χ1v) is 4.12. The van der Waals surface area contributed by atoms with Gasteiger partial charge in [-0.1, -0.05) is 10.6 Å². The van der Waals surface area contributed by atoms with E-state index in [4.69, 9.17) is 0 Å². The summed E-state index contributed by atoms with van der Waals surface area (Å²) in [4.78, 5) is 0. The van der Waals surface area contributed by atoms with Crippen LogP contribution in [0.25, 0.3) is 0 Å². The summed E-state index contributed by atoms with van der Waals surface area (Å²) >= 11 is 0. The van der Waals surface area contributed by atoms with Crippen LogP contribution >= 0.6 is 0 Å². The zero-order valence-corrected chi connectivity index (χ0v) is 6.68. The fraction of sp³-hybridized carbons (Fsp3) is 0.200. The Morgan fingerprint density at radius 2 is 2.27 bits per heavy atom. The summed E-state index contributed by atoms with van der Waals surface area (Å²) in [5, 5.41) is 0. The molecule has 0 radical (unpaired) electrons. The van der Waals surface area contributed by atoms with Gasteiger partial charge < -0.3 is 4.58 Å². The van der Waals surface area contributed by atoms with E-state index >= 15 is 0 Å². The largest absolute Gasteiger partial charge is 0.536 e. The van der Waals surface area contributed by atoms with Crippen molar-refractivity contribution in [2.45, 2.75) is 6.92 Å². The molecular weight excluding hydrogens is 171 g/mol. The highest BCUT2D eigenvalue weighted by molar-refractivity contribution is 7.80. The monoisotopic (exact) mass is 178 g/mol. The molecule has 1 aliphatic rings. The maximum absolute atomic E-state index is 12.3. The molecule has 4 nitrogen and oxygen atoms in total. The summed E-state index contributed by atoms with van der Waals surface area (Å²) < 4.78 is 34.7. The highest BCUT2D eigenvalue weighted by Gasteiger charge is 2.31. The number of rotatable bonds is 1. The van der Waals surface area contributed by atoms with Crippen LogP contribution in [0, 0.1) is 12.7 Å². The zero-order valence-electron chi connectivity index (χ0n) is 5.86. The van der Waals surface area contributed by atoms with E-state index in [-0.39, 0.29) is 6.17 Å². The Morgan fingerprint density at radius 3 is 2.45 bits per heavy atom. The van der Waals surface area contributed by atoms with Crippen LogP contribution in [0.1, 0.15) is 6.92 Å². The van der Waals surface area contributed by atoms with E-state index in [1.54, 1.807) is 0 Å². The minimum absolute atomic E-state index is 0.215. The summed E-state index contributed by atoms with van der Waals surface area (Å²) in [7, 11) is -4.66. The van der Waals surface area contributed by atoms with Gasteiger partial charge in [0, 0.05) is 6.54 Å². The van der Waals surface area contributed by atoms with Crippen molar-refractivity contribution in [3.8, 4) is 0 Å². The van der Waals surface area contributed by atoms with Crippen molar-refractivity contribution in [2.75, 3.05) is 0 Å². The van der Waals surface area contributed by atoms with Crippen molar-refractivity contribution in [3.63, 3.8) is 0 Å². The molecule has 0 unspecified atom stereocenters. The minimum Gasteiger partial charge on any atom is -0.434 e. The summed E-state index contributed by atoms with van der Waals surface area (Å²) in [5.41, 5.74) is 0. The molecule has 1 heterocycles. The van der Waals surface area contributed by atoms with E-state index in [9.17, 15) is 12.3 Å². The number of hydrogen-bond donors (Lipinski definition) is 0. The standard InChI is InChI=1S/C5H7FN2O2S/c1-5-7(2)3-4-8(5)11(6,9)10/h3-4H,2H2,1H3. The second kappa shape index (κ2) is 2.23. The first kappa shape index (κ1) is 8.06. The van der Waals surface area contributed by atoms with Crippen LogP contribution in [-0.4, -0.2) is 29.9 Å². The number of hydrogen-bond acceptors (Lipinski definition) is 2. The maximum Gasteiger partial charge on any atom is 0.536 e. The maximum atomic E-state index is 12.3. The molecule has 1 aliphatic heterocycles. The minimum atomic E-state index is -4.66. The molecule has 0 aromatic carbocycles. The first-order chi connectivity index (χ1) is 4.93. The highest BCUT2D eigenvalue weighted by Crippen LogP contribution is 2.13. The number of halogens is 1. The van der Waals surface area contributed by atoms with E-state index in [0.29, 0.717) is 3.98 Å². The van der Waals surface area contributed by atoms with Crippen molar-refractivity contribution < 1.29 is 20.9 Å². The molecule has 0 N–H and O–H groups in total. The second-order valence-corrected chi connectivity index (χ2v) is 3.27. The van der Waals surface area contributed by atoms with Gasteiger partial charge in [-0.3, -0.25) is 0 Å². The fourth-order valence-corrected chi connectivity index (χ4v) is 1.33. The van der Waals surface area contributed by atoms with Crippen molar-refractivity contribution in [1.29, 1.82) is 0 Å². The van der Waals surface area contributed by atoms with Crippen molar-refractivity contribution >= 4 is 23.3 Å². The Hall–Kier alpha value is -1.04. The van der Waals surface area contributed by atoms with Gasteiger partial charge in [-0.15, -0.1) is 12.4 Å². The summed E-state index contributed by atoms with van der Waals surface area (Å²) in [6.07, 6.45) is 1.31. The molecule has 0 aliphatic carbocycles. The molecule has 0 amide bonds. The Morgan fingerprint density at radius 1 is 1.73 bits per heavy atom. The highest BCUT2D eigenvalue weighted by atomic mass is 32.3. The van der Waals surface area contributed by atoms with Crippen LogP contribution in [-0.2, 0) is 10.4 Å². The summed E-state index contributed by atoms with van der Waals surface area (Å²) in [6, 6.07) is 0. The van der Waals surface area contributed by atoms with Gasteiger partial charge in [0.15, 0.2) is 0 Å². The molecule has 0 bridgehead atoms. The van der Waals surface area contributed by atoms with Gasteiger partial charge in [0.25, 0.3) is 0 Å².